The molecule has 4 aromatic rings. The van der Waals surface area contributed by atoms with Crippen LogP contribution in [0.25, 0.3) is 16.3 Å². The molecule has 0 atom stereocenters. The van der Waals surface area contributed by atoms with Crippen molar-refractivity contribution in [1.29, 1.82) is 0 Å². The zero-order valence-corrected chi connectivity index (χ0v) is 19.4. The summed E-state index contributed by atoms with van der Waals surface area (Å²) >= 11 is 2.45. The largest absolute Gasteiger partial charge is 0.489 e. The van der Waals surface area contributed by atoms with Crippen molar-refractivity contribution in [3.63, 3.8) is 0 Å². The average molecular weight is 514 g/mol. The van der Waals surface area contributed by atoms with Crippen LogP contribution in [-0.4, -0.2) is 0 Å². The summed E-state index contributed by atoms with van der Waals surface area (Å²) in [5, 5.41) is 2.68. The molecule has 5 rings (SSSR count). The van der Waals surface area contributed by atoms with Gasteiger partial charge in [-0.2, -0.15) is 0 Å². The first-order chi connectivity index (χ1) is 15.3. The number of hydrogen-bond acceptors (Lipinski definition) is 1. The summed E-state index contributed by atoms with van der Waals surface area (Å²) < 4.78 is 7.23. The average Bonchev–Trinajstić information content (AvgIpc) is 3.27. The molecule has 2 heteroatoms. The molecule has 0 saturated heterocycles. The van der Waals surface area contributed by atoms with Crippen molar-refractivity contribution in [2.75, 3.05) is 0 Å². The number of ether oxygens (including phenoxy) is 1. The van der Waals surface area contributed by atoms with Gasteiger partial charge < -0.3 is 4.74 Å². The molecule has 0 fully saturated rings. The Morgan fingerprint density at radius 1 is 0.710 bits per heavy atom. The quantitative estimate of drug-likeness (QED) is 0.237. The lowest BCUT2D eigenvalue weighted by Crippen LogP contribution is -1.96. The van der Waals surface area contributed by atoms with E-state index >= 15 is 0 Å². The van der Waals surface area contributed by atoms with Crippen LogP contribution in [0.5, 0.6) is 5.75 Å². The molecule has 0 aromatic heterocycles. The third-order valence-electron chi connectivity index (χ3n) is 5.74. The lowest BCUT2D eigenvalue weighted by molar-refractivity contribution is 0.306. The minimum atomic E-state index is 0.600. The topological polar surface area (TPSA) is 9.23 Å². The molecule has 0 N–H and O–H groups in total. The Kier molecular flexibility index (Phi) is 5.90. The predicted molar refractivity (Wildman–Crippen MR) is 138 cm³/mol. The minimum absolute atomic E-state index is 0.600. The molecule has 1 aliphatic rings. The highest BCUT2D eigenvalue weighted by atomic mass is 127. The van der Waals surface area contributed by atoms with Crippen LogP contribution in [0.2, 0.25) is 0 Å². The zero-order chi connectivity index (χ0) is 21.0. The van der Waals surface area contributed by atoms with E-state index in [1.807, 2.05) is 18.2 Å². The standard InChI is InChI=1S/C29H23IO/c30-28-11-5-9-24-8-4-10-27(29(24)28)25-15-12-23(19-25)18-21-13-16-26(17-14-21)31-20-22-6-2-1-3-7-22/h1-17H,18-20H2. The number of hydrogen-bond donors (Lipinski definition) is 0. The van der Waals surface area contributed by atoms with Crippen molar-refractivity contribution in [3.05, 3.63) is 129 Å². The van der Waals surface area contributed by atoms with Gasteiger partial charge in [-0.15, -0.1) is 0 Å². The molecule has 1 nitrogen and oxygen atoms in total. The Bertz CT molecular complexity index is 1260. The summed E-state index contributed by atoms with van der Waals surface area (Å²) in [4.78, 5) is 0. The Hall–Kier alpha value is -2.85. The number of rotatable bonds is 6. The van der Waals surface area contributed by atoms with E-state index in [-0.39, 0.29) is 0 Å². The molecule has 0 amide bonds. The van der Waals surface area contributed by atoms with Gasteiger partial charge in [0.25, 0.3) is 0 Å². The smallest absolute Gasteiger partial charge is 0.119 e. The highest BCUT2D eigenvalue weighted by molar-refractivity contribution is 14.1. The van der Waals surface area contributed by atoms with Crippen molar-refractivity contribution < 1.29 is 4.74 Å². The van der Waals surface area contributed by atoms with Gasteiger partial charge in [0, 0.05) is 8.96 Å². The van der Waals surface area contributed by atoms with E-state index in [0.29, 0.717) is 6.61 Å². The second-order valence-electron chi connectivity index (χ2n) is 7.93. The summed E-state index contributed by atoms with van der Waals surface area (Å²) in [6, 6.07) is 31.9. The second-order valence-corrected chi connectivity index (χ2v) is 9.09. The fourth-order valence-corrected chi connectivity index (χ4v) is 4.97. The molecule has 4 aromatic carbocycles. The Balaban J connectivity index is 1.23. The van der Waals surface area contributed by atoms with Crippen molar-refractivity contribution in [2.24, 2.45) is 0 Å². The van der Waals surface area contributed by atoms with E-state index in [9.17, 15) is 0 Å². The fraction of sp³-hybridized carbons (Fsp3) is 0.103. The first-order valence-electron chi connectivity index (χ1n) is 10.6. The van der Waals surface area contributed by atoms with Crippen LogP contribution in [0.4, 0.5) is 0 Å². The summed E-state index contributed by atoms with van der Waals surface area (Å²) in [6.45, 7) is 0.600. The van der Waals surface area contributed by atoms with Crippen LogP contribution in [0.15, 0.2) is 109 Å². The molecule has 0 bridgehead atoms. The number of benzene rings is 4. The molecule has 1 aliphatic carbocycles. The van der Waals surface area contributed by atoms with Crippen molar-refractivity contribution >= 4 is 38.9 Å². The summed E-state index contributed by atoms with van der Waals surface area (Å²) in [7, 11) is 0. The SMILES string of the molecule is Ic1cccc2cccc(C3=CC=C(Cc4ccc(OCc5ccccc5)cc4)C3)c12. The molecule has 31 heavy (non-hydrogen) atoms. The van der Waals surface area contributed by atoms with E-state index in [1.165, 1.54) is 42.2 Å². The van der Waals surface area contributed by atoms with E-state index in [4.69, 9.17) is 4.74 Å². The van der Waals surface area contributed by atoms with Gasteiger partial charge in [0.15, 0.2) is 0 Å². The van der Waals surface area contributed by atoms with Crippen molar-refractivity contribution in [1.82, 2.24) is 0 Å². The van der Waals surface area contributed by atoms with Gasteiger partial charge in [-0.3, -0.25) is 0 Å². The van der Waals surface area contributed by atoms with Gasteiger partial charge in [-0.05, 0) is 81.3 Å². The van der Waals surface area contributed by atoms with Crippen molar-refractivity contribution in [2.45, 2.75) is 19.4 Å². The van der Waals surface area contributed by atoms with E-state index in [2.05, 4.69) is 108 Å². The molecule has 0 radical (unpaired) electrons. The maximum Gasteiger partial charge on any atom is 0.119 e. The number of halogens is 1. The van der Waals surface area contributed by atoms with Gasteiger partial charge in [0.05, 0.1) is 0 Å². The molecule has 0 unspecified atom stereocenters. The van der Waals surface area contributed by atoms with Crippen LogP contribution in [-0.2, 0) is 13.0 Å². The van der Waals surface area contributed by atoms with Crippen LogP contribution >= 0.6 is 22.6 Å². The molecule has 0 spiro atoms. The van der Waals surface area contributed by atoms with Crippen LogP contribution < -0.4 is 4.74 Å². The third-order valence-corrected chi connectivity index (χ3v) is 6.64. The second kappa shape index (κ2) is 9.11. The maximum atomic E-state index is 5.92. The first-order valence-corrected chi connectivity index (χ1v) is 11.7. The highest BCUT2D eigenvalue weighted by Gasteiger charge is 2.14. The van der Waals surface area contributed by atoms with Crippen molar-refractivity contribution in [3.8, 4) is 5.75 Å². The molecule has 0 heterocycles. The maximum absolute atomic E-state index is 5.92. The van der Waals surface area contributed by atoms with E-state index in [1.54, 1.807) is 0 Å². The lowest BCUT2D eigenvalue weighted by Gasteiger charge is -2.11. The van der Waals surface area contributed by atoms with Gasteiger partial charge >= 0.3 is 0 Å². The summed E-state index contributed by atoms with van der Waals surface area (Å²) in [5.41, 5.74) is 6.73. The Morgan fingerprint density at radius 2 is 1.48 bits per heavy atom. The molecular formula is C29H23IO. The van der Waals surface area contributed by atoms with Crippen LogP contribution in [0.1, 0.15) is 23.1 Å². The molecule has 152 valence electrons. The summed E-state index contributed by atoms with van der Waals surface area (Å²) in [5.74, 6) is 0.914. The van der Waals surface area contributed by atoms with E-state index in [0.717, 1.165) is 18.6 Å². The first kappa shape index (κ1) is 20.1. The molecular weight excluding hydrogens is 491 g/mol. The normalized spacial score (nSPS) is 13.2. The monoisotopic (exact) mass is 514 g/mol. The van der Waals surface area contributed by atoms with Gasteiger partial charge in [0.2, 0.25) is 0 Å². The Labute approximate surface area is 197 Å². The van der Waals surface area contributed by atoms with Gasteiger partial charge in [0.1, 0.15) is 12.4 Å². The molecule has 0 saturated carbocycles. The molecule has 0 aliphatic heterocycles. The summed E-state index contributed by atoms with van der Waals surface area (Å²) in [6.07, 6.45) is 6.57. The number of fused-ring (bicyclic) bond motifs is 1. The van der Waals surface area contributed by atoms with Gasteiger partial charge in [-0.1, -0.05) is 90.5 Å². The zero-order valence-electron chi connectivity index (χ0n) is 17.2. The minimum Gasteiger partial charge on any atom is -0.489 e. The van der Waals surface area contributed by atoms with Crippen LogP contribution in [0.3, 0.4) is 0 Å². The highest BCUT2D eigenvalue weighted by Crippen LogP contribution is 2.36. The van der Waals surface area contributed by atoms with Gasteiger partial charge in [-0.25, -0.2) is 0 Å². The fourth-order valence-electron chi connectivity index (χ4n) is 4.16. The predicted octanol–water partition coefficient (Wildman–Crippen LogP) is 7.98. The lowest BCUT2D eigenvalue weighted by atomic mass is 9.95. The number of allylic oxidation sites excluding steroid dienone is 4. The Morgan fingerprint density at radius 3 is 2.29 bits per heavy atom. The van der Waals surface area contributed by atoms with Crippen LogP contribution in [0, 0.1) is 3.57 Å². The third kappa shape index (κ3) is 4.59. The van der Waals surface area contributed by atoms with E-state index < -0.39 is 0 Å².